The van der Waals surface area contributed by atoms with Crippen molar-refractivity contribution < 1.29 is 9.47 Å². The standard InChI is InChI=1S/C14H16N2O2/c1-10(2)18-14-9-11(4-6-15)13(17-3)8-12(14)5-7-16/h8-10H,4-5H2,1-3H3. The molecule has 0 radical (unpaired) electrons. The van der Waals surface area contributed by atoms with Gasteiger partial charge in [0.25, 0.3) is 0 Å². The van der Waals surface area contributed by atoms with Gasteiger partial charge in [-0.25, -0.2) is 0 Å². The molecular formula is C14H16N2O2. The molecule has 0 heterocycles. The highest BCUT2D eigenvalue weighted by molar-refractivity contribution is 5.48. The second kappa shape index (κ2) is 6.51. The van der Waals surface area contributed by atoms with E-state index in [9.17, 15) is 0 Å². The van der Waals surface area contributed by atoms with Crippen LogP contribution >= 0.6 is 0 Å². The molecule has 1 aromatic rings. The molecule has 0 saturated carbocycles. The fraction of sp³-hybridized carbons (Fsp3) is 0.429. The molecule has 1 rings (SSSR count). The highest BCUT2D eigenvalue weighted by atomic mass is 16.5. The lowest BCUT2D eigenvalue weighted by molar-refractivity contribution is 0.239. The lowest BCUT2D eigenvalue weighted by Crippen LogP contribution is -2.08. The van der Waals surface area contributed by atoms with Gasteiger partial charge in [-0.15, -0.1) is 0 Å². The molecule has 0 aliphatic carbocycles. The van der Waals surface area contributed by atoms with Crippen LogP contribution in [-0.4, -0.2) is 13.2 Å². The quantitative estimate of drug-likeness (QED) is 0.798. The molecule has 0 saturated heterocycles. The summed E-state index contributed by atoms with van der Waals surface area (Å²) in [4.78, 5) is 0. The van der Waals surface area contributed by atoms with Gasteiger partial charge in [-0.2, -0.15) is 10.5 Å². The van der Waals surface area contributed by atoms with Crippen LogP contribution < -0.4 is 9.47 Å². The van der Waals surface area contributed by atoms with Crippen molar-refractivity contribution in [2.75, 3.05) is 7.11 Å². The third-order valence-electron chi connectivity index (χ3n) is 2.37. The molecule has 0 atom stereocenters. The van der Waals surface area contributed by atoms with E-state index >= 15 is 0 Å². The van der Waals surface area contributed by atoms with Gasteiger partial charge in [0, 0.05) is 11.1 Å². The highest BCUT2D eigenvalue weighted by Gasteiger charge is 2.12. The summed E-state index contributed by atoms with van der Waals surface area (Å²) in [7, 11) is 1.55. The first-order valence-electron chi connectivity index (χ1n) is 5.72. The van der Waals surface area contributed by atoms with Gasteiger partial charge in [-0.05, 0) is 26.0 Å². The predicted octanol–water partition coefficient (Wildman–Crippen LogP) is 2.61. The summed E-state index contributed by atoms with van der Waals surface area (Å²) >= 11 is 0. The maximum Gasteiger partial charge on any atom is 0.124 e. The Morgan fingerprint density at radius 3 is 2.00 bits per heavy atom. The summed E-state index contributed by atoms with van der Waals surface area (Å²) in [5, 5.41) is 17.6. The molecule has 0 aliphatic rings. The zero-order chi connectivity index (χ0) is 13.5. The van der Waals surface area contributed by atoms with Gasteiger partial charge >= 0.3 is 0 Å². The number of nitrogens with zero attached hydrogens (tertiary/aromatic N) is 2. The van der Waals surface area contributed by atoms with Crippen LogP contribution in [0.3, 0.4) is 0 Å². The van der Waals surface area contributed by atoms with Crippen LogP contribution in [0.1, 0.15) is 25.0 Å². The lowest BCUT2D eigenvalue weighted by Gasteiger charge is -2.16. The minimum Gasteiger partial charge on any atom is -0.496 e. The normalized spacial score (nSPS) is 9.67. The Morgan fingerprint density at radius 1 is 1.06 bits per heavy atom. The molecule has 0 fully saturated rings. The van der Waals surface area contributed by atoms with Crippen LogP contribution in [0.25, 0.3) is 0 Å². The minimum atomic E-state index is 0.0192. The van der Waals surface area contributed by atoms with E-state index < -0.39 is 0 Å². The maximum absolute atomic E-state index is 8.82. The Bertz CT molecular complexity index is 496. The molecule has 0 aliphatic heterocycles. The van der Waals surface area contributed by atoms with Crippen molar-refractivity contribution in [2.45, 2.75) is 32.8 Å². The first-order chi connectivity index (χ1) is 8.62. The Balaban J connectivity index is 3.24. The molecule has 0 unspecified atom stereocenters. The second-order valence-electron chi connectivity index (χ2n) is 4.11. The van der Waals surface area contributed by atoms with Gasteiger partial charge in [0.2, 0.25) is 0 Å². The fourth-order valence-corrected chi connectivity index (χ4v) is 1.64. The molecule has 0 aromatic heterocycles. The van der Waals surface area contributed by atoms with Crippen LogP contribution in [0.15, 0.2) is 12.1 Å². The van der Waals surface area contributed by atoms with Crippen LogP contribution in [0, 0.1) is 22.7 Å². The van der Waals surface area contributed by atoms with Crippen molar-refractivity contribution in [3.63, 3.8) is 0 Å². The summed E-state index contributed by atoms with van der Waals surface area (Å²) < 4.78 is 10.9. The number of methoxy groups -OCH3 is 1. The minimum absolute atomic E-state index is 0.0192. The van der Waals surface area contributed by atoms with Gasteiger partial charge in [-0.1, -0.05) is 0 Å². The van der Waals surface area contributed by atoms with Gasteiger partial charge in [0.05, 0.1) is 38.2 Å². The van der Waals surface area contributed by atoms with E-state index in [1.54, 1.807) is 19.2 Å². The largest absolute Gasteiger partial charge is 0.496 e. The first kappa shape index (κ1) is 13.9. The van der Waals surface area contributed by atoms with Crippen molar-refractivity contribution in [1.82, 2.24) is 0 Å². The van der Waals surface area contributed by atoms with Gasteiger partial charge in [-0.3, -0.25) is 0 Å². The summed E-state index contributed by atoms with van der Waals surface area (Å²) in [6.07, 6.45) is 0.529. The van der Waals surface area contributed by atoms with E-state index in [0.717, 1.165) is 11.1 Å². The van der Waals surface area contributed by atoms with E-state index in [-0.39, 0.29) is 18.9 Å². The van der Waals surface area contributed by atoms with Crippen LogP contribution in [0.5, 0.6) is 11.5 Å². The SMILES string of the molecule is COc1cc(CC#N)c(OC(C)C)cc1CC#N. The van der Waals surface area contributed by atoms with Crippen molar-refractivity contribution in [1.29, 1.82) is 10.5 Å². The number of hydrogen-bond donors (Lipinski definition) is 0. The summed E-state index contributed by atoms with van der Waals surface area (Å²) in [5.74, 6) is 1.27. The zero-order valence-electron chi connectivity index (χ0n) is 10.9. The summed E-state index contributed by atoms with van der Waals surface area (Å²) in [6, 6.07) is 7.75. The number of hydrogen-bond acceptors (Lipinski definition) is 4. The van der Waals surface area contributed by atoms with Crippen LogP contribution in [-0.2, 0) is 12.8 Å². The number of nitriles is 2. The Morgan fingerprint density at radius 2 is 1.56 bits per heavy atom. The van der Waals surface area contributed by atoms with Crippen molar-refractivity contribution in [2.24, 2.45) is 0 Å². The highest BCUT2D eigenvalue weighted by Crippen LogP contribution is 2.30. The Hall–Kier alpha value is -2.20. The first-order valence-corrected chi connectivity index (χ1v) is 5.72. The Kier molecular flexibility index (Phi) is 5.02. The Labute approximate surface area is 107 Å². The van der Waals surface area contributed by atoms with E-state index in [1.165, 1.54) is 0 Å². The van der Waals surface area contributed by atoms with E-state index in [1.807, 2.05) is 13.8 Å². The second-order valence-corrected chi connectivity index (χ2v) is 4.11. The fourth-order valence-electron chi connectivity index (χ4n) is 1.64. The van der Waals surface area contributed by atoms with E-state index in [2.05, 4.69) is 12.1 Å². The number of benzene rings is 1. The average molecular weight is 244 g/mol. The molecule has 4 nitrogen and oxygen atoms in total. The van der Waals surface area contributed by atoms with Gasteiger partial charge in [0.15, 0.2) is 0 Å². The molecule has 18 heavy (non-hydrogen) atoms. The van der Waals surface area contributed by atoms with Crippen LogP contribution in [0.4, 0.5) is 0 Å². The number of rotatable bonds is 5. The van der Waals surface area contributed by atoms with E-state index in [4.69, 9.17) is 20.0 Å². The zero-order valence-corrected chi connectivity index (χ0v) is 10.9. The van der Waals surface area contributed by atoms with Gasteiger partial charge < -0.3 is 9.47 Å². The molecule has 0 bridgehead atoms. The van der Waals surface area contributed by atoms with E-state index in [0.29, 0.717) is 11.5 Å². The monoisotopic (exact) mass is 244 g/mol. The molecule has 0 spiro atoms. The summed E-state index contributed by atoms with van der Waals surface area (Å²) in [5.41, 5.74) is 1.56. The summed E-state index contributed by atoms with van der Waals surface area (Å²) in [6.45, 7) is 3.84. The molecule has 94 valence electrons. The lowest BCUT2D eigenvalue weighted by atomic mass is 10.0. The average Bonchev–Trinajstić information content (AvgIpc) is 2.32. The molecule has 4 heteroatoms. The maximum atomic E-state index is 8.82. The van der Waals surface area contributed by atoms with Crippen molar-refractivity contribution in [3.8, 4) is 23.6 Å². The number of ether oxygens (including phenoxy) is 2. The molecular weight excluding hydrogens is 228 g/mol. The molecule has 1 aromatic carbocycles. The van der Waals surface area contributed by atoms with Crippen molar-refractivity contribution in [3.05, 3.63) is 23.3 Å². The third-order valence-corrected chi connectivity index (χ3v) is 2.37. The van der Waals surface area contributed by atoms with Crippen LogP contribution in [0.2, 0.25) is 0 Å². The smallest absolute Gasteiger partial charge is 0.124 e. The predicted molar refractivity (Wildman–Crippen MR) is 67.4 cm³/mol. The molecule has 0 N–H and O–H groups in total. The molecule has 0 amide bonds. The van der Waals surface area contributed by atoms with Crippen molar-refractivity contribution >= 4 is 0 Å². The topological polar surface area (TPSA) is 66.0 Å². The van der Waals surface area contributed by atoms with Gasteiger partial charge in [0.1, 0.15) is 11.5 Å². The third kappa shape index (κ3) is 3.40.